The van der Waals surface area contributed by atoms with Gasteiger partial charge in [-0.2, -0.15) is 0 Å². The number of amides is 9. The number of nitrogens with zero attached hydrogens (tertiary/aromatic N) is 6. The van der Waals surface area contributed by atoms with Gasteiger partial charge in [-0.15, -0.1) is 0 Å². The van der Waals surface area contributed by atoms with Gasteiger partial charge in [0.15, 0.2) is 18.2 Å². The largest absolute Gasteiger partial charge is 0.497 e. The summed E-state index contributed by atoms with van der Waals surface area (Å²) in [5.41, 5.74) is 7.27. The van der Waals surface area contributed by atoms with E-state index in [2.05, 4.69) is 36.6 Å². The van der Waals surface area contributed by atoms with Crippen molar-refractivity contribution >= 4 is 70.1 Å². The van der Waals surface area contributed by atoms with Crippen molar-refractivity contribution in [3.05, 3.63) is 94.6 Å². The fourth-order valence-corrected chi connectivity index (χ4v) is 9.19. The lowest BCUT2D eigenvalue weighted by molar-refractivity contribution is -0.137. The smallest absolute Gasteiger partial charge is 0.410 e. The second-order valence-electron chi connectivity index (χ2n) is 19.4. The van der Waals surface area contributed by atoms with Crippen LogP contribution in [0.3, 0.4) is 0 Å². The Morgan fingerprint density at radius 1 is 0.923 bits per heavy atom. The van der Waals surface area contributed by atoms with E-state index in [1.807, 2.05) is 4.90 Å². The van der Waals surface area contributed by atoms with Crippen LogP contribution in [0.25, 0.3) is 11.0 Å². The summed E-state index contributed by atoms with van der Waals surface area (Å²) >= 11 is 0. The first kappa shape index (κ1) is 57.2. The third-order valence-electron chi connectivity index (χ3n) is 13.4. The maximum Gasteiger partial charge on any atom is 0.410 e. The van der Waals surface area contributed by atoms with E-state index in [-0.39, 0.29) is 107 Å². The molecular formula is C53H65FN12O12. The zero-order valence-electron chi connectivity index (χ0n) is 43.7. The number of nitrogens with one attached hydrogen (secondary N) is 5. The molecule has 24 nitrogen and oxygen atoms in total. The molecule has 3 aliphatic rings. The molecule has 4 atom stereocenters. The van der Waals surface area contributed by atoms with E-state index in [0.717, 1.165) is 4.90 Å². The third kappa shape index (κ3) is 15.6. The van der Waals surface area contributed by atoms with Crippen molar-refractivity contribution in [1.82, 2.24) is 45.2 Å². The fourth-order valence-electron chi connectivity index (χ4n) is 9.19. The topological polar surface area (TPSA) is 308 Å². The number of piperidine rings is 1. The monoisotopic (exact) mass is 1080 g/mol. The number of halogens is 1. The van der Waals surface area contributed by atoms with E-state index in [4.69, 9.17) is 19.9 Å². The number of anilines is 2. The number of urea groups is 1. The summed E-state index contributed by atoms with van der Waals surface area (Å²) in [6.07, 6.45) is 3.44. The number of carbonyl (C=O) groups excluding carboxylic acids is 8. The van der Waals surface area contributed by atoms with Gasteiger partial charge in [-0.1, -0.05) is 32.4 Å². The maximum atomic E-state index is 16.5. The molecule has 7 rings (SSSR count). The molecule has 416 valence electrons. The van der Waals surface area contributed by atoms with Crippen LogP contribution in [0.5, 0.6) is 11.5 Å². The molecule has 9 amide bonds. The first-order valence-corrected chi connectivity index (χ1v) is 25.8. The van der Waals surface area contributed by atoms with Gasteiger partial charge < -0.3 is 51.1 Å². The number of alkyl halides is 1. The zero-order valence-corrected chi connectivity index (χ0v) is 43.7. The van der Waals surface area contributed by atoms with E-state index in [0.29, 0.717) is 71.8 Å². The molecule has 2 aromatic carbocycles. The highest BCUT2D eigenvalue weighted by atomic mass is 19.1. The molecule has 5 heterocycles. The summed E-state index contributed by atoms with van der Waals surface area (Å²) in [6.45, 7) is 4.15. The fraction of sp³-hybridized carbons (Fsp3) is 0.453. The van der Waals surface area contributed by atoms with Crippen LogP contribution in [0.2, 0.25) is 0 Å². The lowest BCUT2D eigenvalue weighted by Gasteiger charge is -2.40. The highest BCUT2D eigenvalue weighted by molar-refractivity contribution is 6.12. The number of unbranched alkanes of at least 4 members (excludes halogenated alkanes) is 2. The number of hydrogen-bond donors (Lipinski definition) is 6. The van der Waals surface area contributed by atoms with Crippen molar-refractivity contribution in [3.63, 3.8) is 0 Å². The molecule has 2 aromatic heterocycles. The van der Waals surface area contributed by atoms with Crippen molar-refractivity contribution in [2.45, 2.75) is 103 Å². The third-order valence-corrected chi connectivity index (χ3v) is 13.4. The first-order chi connectivity index (χ1) is 37.5. The number of nitrogens with two attached hydrogens (primary N) is 1. The number of pyridine rings is 1. The summed E-state index contributed by atoms with van der Waals surface area (Å²) in [5.74, 6) is -2.04. The Balaban J connectivity index is 0.959. The normalized spacial score (nSPS) is 16.9. The van der Waals surface area contributed by atoms with Gasteiger partial charge in [0.25, 0.3) is 23.3 Å². The van der Waals surface area contributed by atoms with Crippen LogP contribution >= 0.6 is 0 Å². The maximum absolute atomic E-state index is 16.5. The molecular weight excluding hydrogens is 1020 g/mol. The number of primary amides is 1. The predicted octanol–water partition coefficient (Wildman–Crippen LogP) is 2.88. The van der Waals surface area contributed by atoms with Gasteiger partial charge >= 0.3 is 12.1 Å². The van der Waals surface area contributed by atoms with Crippen molar-refractivity contribution < 1.29 is 57.0 Å². The molecule has 1 unspecified atom stereocenters. The summed E-state index contributed by atoms with van der Waals surface area (Å²) in [7, 11) is 1.53. The van der Waals surface area contributed by atoms with Gasteiger partial charge in [0.1, 0.15) is 30.6 Å². The predicted molar refractivity (Wildman–Crippen MR) is 281 cm³/mol. The van der Waals surface area contributed by atoms with E-state index in [1.54, 1.807) is 73.0 Å². The Morgan fingerprint density at radius 2 is 1.69 bits per heavy atom. The number of benzene rings is 2. The van der Waals surface area contributed by atoms with E-state index < -0.39 is 54.1 Å². The molecule has 3 aliphatic heterocycles. The molecule has 0 bridgehead atoms. The van der Waals surface area contributed by atoms with Gasteiger partial charge in [0, 0.05) is 69.6 Å². The van der Waals surface area contributed by atoms with Gasteiger partial charge in [-0.25, -0.2) is 23.9 Å². The average Bonchev–Trinajstić information content (AvgIpc) is 3.75. The van der Waals surface area contributed by atoms with Crippen LogP contribution in [-0.4, -0.2) is 148 Å². The number of fused-ring (bicyclic) bond motifs is 2. The molecule has 78 heavy (non-hydrogen) atoms. The van der Waals surface area contributed by atoms with Crippen LogP contribution in [0.15, 0.2) is 77.7 Å². The van der Waals surface area contributed by atoms with Gasteiger partial charge in [0.05, 0.1) is 42.6 Å². The quantitative estimate of drug-likeness (QED) is 0.0411. The molecule has 0 aliphatic carbocycles. The average molecular weight is 1080 g/mol. The minimum atomic E-state index is -1.54. The van der Waals surface area contributed by atoms with Crippen molar-refractivity contribution in [2.24, 2.45) is 11.7 Å². The molecule has 25 heteroatoms. The van der Waals surface area contributed by atoms with Gasteiger partial charge in [-0.3, -0.25) is 48.3 Å². The van der Waals surface area contributed by atoms with Crippen molar-refractivity contribution in [2.75, 3.05) is 57.1 Å². The Bertz CT molecular complexity index is 2940. The van der Waals surface area contributed by atoms with Gasteiger partial charge in [0.2, 0.25) is 17.7 Å². The Hall–Kier alpha value is -8.48. The van der Waals surface area contributed by atoms with Crippen LogP contribution in [-0.2, 0) is 53.2 Å². The second kappa shape index (κ2) is 27.0. The number of rotatable bonds is 25. The van der Waals surface area contributed by atoms with Crippen molar-refractivity contribution in [3.8, 4) is 11.5 Å². The highest BCUT2D eigenvalue weighted by Crippen LogP contribution is 2.28. The van der Waals surface area contributed by atoms with E-state index >= 15 is 4.39 Å². The van der Waals surface area contributed by atoms with Gasteiger partial charge in [-0.05, 0) is 80.0 Å². The van der Waals surface area contributed by atoms with Crippen LogP contribution in [0.4, 0.5) is 25.5 Å². The lowest BCUT2D eigenvalue weighted by Crippen LogP contribution is -2.54. The first-order valence-electron chi connectivity index (χ1n) is 25.8. The Morgan fingerprint density at radius 3 is 2.41 bits per heavy atom. The van der Waals surface area contributed by atoms with Crippen LogP contribution in [0, 0.1) is 5.92 Å². The lowest BCUT2D eigenvalue weighted by atomic mass is 10.0. The Labute approximate surface area is 448 Å². The second-order valence-corrected chi connectivity index (χ2v) is 19.4. The molecule has 0 spiro atoms. The minimum Gasteiger partial charge on any atom is -0.497 e. The zero-order chi connectivity index (χ0) is 55.9. The number of carbonyl (C=O) groups is 8. The van der Waals surface area contributed by atoms with Crippen LogP contribution < -0.4 is 47.4 Å². The Kier molecular flexibility index (Phi) is 19.8. The summed E-state index contributed by atoms with van der Waals surface area (Å²) in [6, 6.07) is 11.0. The minimum absolute atomic E-state index is 0.0516. The molecule has 0 saturated carbocycles. The highest BCUT2D eigenvalue weighted by Gasteiger charge is 2.38. The van der Waals surface area contributed by atoms with Crippen LogP contribution in [0.1, 0.15) is 70.1 Å². The molecule has 1 saturated heterocycles. The number of methoxy groups -OCH3 is 1. The number of imide groups is 1. The van der Waals surface area contributed by atoms with E-state index in [1.165, 1.54) is 30.4 Å². The number of ether oxygens (including phenoxy) is 3. The molecule has 4 aromatic rings. The molecule has 7 N–H and O–H groups in total. The number of hydrogen-bond acceptors (Lipinski definition) is 15. The summed E-state index contributed by atoms with van der Waals surface area (Å²) in [5, 5.41) is 13.4. The molecule has 0 radical (unpaired) electrons. The summed E-state index contributed by atoms with van der Waals surface area (Å²) in [4.78, 5) is 128. The van der Waals surface area contributed by atoms with Crippen molar-refractivity contribution in [1.29, 1.82) is 0 Å². The number of aromatic nitrogens is 3. The SMILES string of the molecule is COc1ccc2ncc(=O)n(CCN3CC[C@H](N(Cc4ccc5c(n4)NC(=O)CO5)C(=O)OCc4ccc(NC(=O)[C@H](CCCNC(N)=O)NC(=O)C(NC(=O)CCCCCN5C(=O)C=CC5=O)C(C)C)cc4)[C@@H](F)C3)c2c1. The number of likely N-dealkylation sites (tertiary alicyclic amines) is 1. The molecule has 1 fully saturated rings. The standard InChI is InChI=1S/C53H65FN12O12/c1-32(2)48(61-43(67)9-5-4-6-22-65-45(69)18-19-46(65)70)51(73)60-39(8-7-21-56-52(55)74)50(72)59-34-12-10-33(11-13-34)30-78-53(75)66(28-35-14-17-42-49(58-35)62-44(68)31-77-42)40-20-23-63(29-37(40)54)24-25-64-41-26-36(76-3)15-16-38(41)57-27-47(64)71/h10-19,26-27,32,37,39-40,48H,4-9,20-25,28-31H2,1-3H3,(H,59,72)(H,60,73)(H,61,67)(H3,55,56,74)(H,58,62,68)/t37-,39-,40-,48?/m0/s1. The summed E-state index contributed by atoms with van der Waals surface area (Å²) < 4.78 is 34.7. The van der Waals surface area contributed by atoms with E-state index in [9.17, 15) is 43.2 Å².